The largest absolute Gasteiger partial charge is 0.438 e. The molecule has 0 spiro atoms. The van der Waals surface area contributed by atoms with E-state index in [-0.39, 0.29) is 0 Å². The number of halogens is 2. The zero-order valence-corrected chi connectivity index (χ0v) is 10.9. The van der Waals surface area contributed by atoms with Crippen molar-refractivity contribution in [2.75, 3.05) is 0 Å². The second kappa shape index (κ2) is 4.85. The van der Waals surface area contributed by atoms with E-state index in [0.717, 1.165) is 10.0 Å². The van der Waals surface area contributed by atoms with E-state index in [4.69, 9.17) is 16.3 Å². The Morgan fingerprint density at radius 1 is 1.25 bits per heavy atom. The Bertz CT molecular complexity index is 499. The molecule has 0 amide bonds. The number of nitrogens with zero attached hydrogens (tertiary/aromatic N) is 1. The van der Waals surface area contributed by atoms with Crippen LogP contribution in [0.5, 0.6) is 11.6 Å². The van der Waals surface area contributed by atoms with E-state index in [1.54, 1.807) is 30.5 Å². The molecule has 0 radical (unpaired) electrons. The Morgan fingerprint density at radius 3 is 2.56 bits per heavy atom. The molecule has 0 saturated heterocycles. The fourth-order valence-corrected chi connectivity index (χ4v) is 1.88. The predicted molar refractivity (Wildman–Crippen MR) is 68.2 cm³/mol. The number of hydrogen-bond acceptors (Lipinski definition) is 2. The Labute approximate surface area is 107 Å². The van der Waals surface area contributed by atoms with Crippen LogP contribution >= 0.6 is 27.5 Å². The molecule has 1 aromatic heterocycles. The molecule has 1 heterocycles. The van der Waals surface area contributed by atoms with E-state index in [1.807, 2.05) is 13.0 Å². The number of pyridine rings is 1. The van der Waals surface area contributed by atoms with E-state index in [0.29, 0.717) is 16.7 Å². The van der Waals surface area contributed by atoms with Gasteiger partial charge in [-0.1, -0.05) is 11.6 Å². The number of hydrogen-bond donors (Lipinski definition) is 0. The van der Waals surface area contributed by atoms with Gasteiger partial charge in [-0.05, 0) is 58.7 Å². The summed E-state index contributed by atoms with van der Waals surface area (Å²) >= 11 is 9.19. The predicted octanol–water partition coefficient (Wildman–Crippen LogP) is 4.60. The van der Waals surface area contributed by atoms with Crippen molar-refractivity contribution >= 4 is 27.5 Å². The van der Waals surface area contributed by atoms with Crippen LogP contribution in [0.1, 0.15) is 5.56 Å². The van der Waals surface area contributed by atoms with Crippen LogP contribution < -0.4 is 4.74 Å². The summed E-state index contributed by atoms with van der Waals surface area (Å²) in [4.78, 5) is 4.19. The van der Waals surface area contributed by atoms with Crippen LogP contribution in [0, 0.1) is 6.92 Å². The highest BCUT2D eigenvalue weighted by Crippen LogP contribution is 2.28. The molecule has 0 saturated carbocycles. The SMILES string of the molecule is Cc1cnc(Oc2ccc(Cl)cc2)c(Br)c1. The molecule has 4 heteroatoms. The van der Waals surface area contributed by atoms with Crippen molar-refractivity contribution in [1.82, 2.24) is 4.98 Å². The van der Waals surface area contributed by atoms with Crippen LogP contribution in [0.4, 0.5) is 0 Å². The number of ether oxygens (including phenoxy) is 1. The van der Waals surface area contributed by atoms with Crippen LogP contribution in [0.3, 0.4) is 0 Å². The van der Waals surface area contributed by atoms with Crippen molar-refractivity contribution in [3.05, 3.63) is 51.6 Å². The first-order chi connectivity index (χ1) is 7.65. The summed E-state index contributed by atoms with van der Waals surface area (Å²) in [5.41, 5.74) is 1.08. The van der Waals surface area contributed by atoms with Crippen molar-refractivity contribution < 1.29 is 4.74 Å². The van der Waals surface area contributed by atoms with E-state index in [1.165, 1.54) is 0 Å². The molecule has 2 rings (SSSR count). The third-order valence-electron chi connectivity index (χ3n) is 1.97. The smallest absolute Gasteiger partial charge is 0.233 e. The summed E-state index contributed by atoms with van der Waals surface area (Å²) in [7, 11) is 0. The normalized spacial score (nSPS) is 10.2. The third-order valence-corrected chi connectivity index (χ3v) is 2.79. The fraction of sp³-hybridized carbons (Fsp3) is 0.0833. The van der Waals surface area contributed by atoms with Gasteiger partial charge in [0.05, 0.1) is 4.47 Å². The highest BCUT2D eigenvalue weighted by molar-refractivity contribution is 9.10. The lowest BCUT2D eigenvalue weighted by molar-refractivity contribution is 0.459. The number of rotatable bonds is 2. The second-order valence-electron chi connectivity index (χ2n) is 3.36. The highest BCUT2D eigenvalue weighted by Gasteiger charge is 2.04. The number of aromatic nitrogens is 1. The van der Waals surface area contributed by atoms with Gasteiger partial charge in [0.15, 0.2) is 0 Å². The molecule has 0 aliphatic carbocycles. The molecular weight excluding hydrogens is 289 g/mol. The van der Waals surface area contributed by atoms with Gasteiger partial charge in [0.25, 0.3) is 0 Å². The average molecular weight is 299 g/mol. The summed E-state index contributed by atoms with van der Waals surface area (Å²) in [5.74, 6) is 1.26. The molecule has 16 heavy (non-hydrogen) atoms. The van der Waals surface area contributed by atoms with Gasteiger partial charge >= 0.3 is 0 Å². The highest BCUT2D eigenvalue weighted by atomic mass is 79.9. The van der Waals surface area contributed by atoms with E-state index in [2.05, 4.69) is 20.9 Å². The van der Waals surface area contributed by atoms with Gasteiger partial charge in [-0.2, -0.15) is 0 Å². The maximum absolute atomic E-state index is 5.79. The quantitative estimate of drug-likeness (QED) is 0.808. The average Bonchev–Trinajstić information content (AvgIpc) is 2.25. The van der Waals surface area contributed by atoms with Gasteiger partial charge in [-0.25, -0.2) is 4.98 Å². The van der Waals surface area contributed by atoms with Crippen molar-refractivity contribution in [1.29, 1.82) is 0 Å². The molecule has 0 bridgehead atoms. The lowest BCUT2D eigenvalue weighted by Gasteiger charge is -2.06. The van der Waals surface area contributed by atoms with Crippen LogP contribution in [0.25, 0.3) is 0 Å². The minimum atomic E-state index is 0.549. The molecule has 1 aromatic carbocycles. The summed E-state index contributed by atoms with van der Waals surface area (Å²) in [5, 5.41) is 0.684. The van der Waals surface area contributed by atoms with E-state index < -0.39 is 0 Å². The number of aryl methyl sites for hydroxylation is 1. The van der Waals surface area contributed by atoms with Gasteiger partial charge in [0, 0.05) is 11.2 Å². The Balaban J connectivity index is 2.23. The number of benzene rings is 1. The lowest BCUT2D eigenvalue weighted by atomic mass is 10.3. The summed E-state index contributed by atoms with van der Waals surface area (Å²) in [6.07, 6.45) is 1.76. The Kier molecular flexibility index (Phi) is 3.46. The molecular formula is C12H9BrClNO. The zero-order valence-electron chi connectivity index (χ0n) is 8.58. The lowest BCUT2D eigenvalue weighted by Crippen LogP contribution is -1.89. The van der Waals surface area contributed by atoms with Gasteiger partial charge in [-0.3, -0.25) is 0 Å². The minimum absolute atomic E-state index is 0.549. The van der Waals surface area contributed by atoms with Gasteiger partial charge in [0.2, 0.25) is 5.88 Å². The molecule has 0 aliphatic heterocycles. The molecule has 2 aromatic rings. The van der Waals surface area contributed by atoms with Crippen LogP contribution in [0.2, 0.25) is 5.02 Å². The zero-order chi connectivity index (χ0) is 11.5. The van der Waals surface area contributed by atoms with Crippen LogP contribution in [0.15, 0.2) is 41.0 Å². The van der Waals surface area contributed by atoms with Crippen molar-refractivity contribution in [2.24, 2.45) is 0 Å². The van der Waals surface area contributed by atoms with Crippen molar-refractivity contribution in [3.8, 4) is 11.6 Å². The standard InChI is InChI=1S/C12H9BrClNO/c1-8-6-11(13)12(15-7-8)16-10-4-2-9(14)3-5-10/h2-7H,1H3. The first kappa shape index (κ1) is 11.4. The van der Waals surface area contributed by atoms with Gasteiger partial charge < -0.3 is 4.74 Å². The Morgan fingerprint density at radius 2 is 1.94 bits per heavy atom. The molecule has 2 nitrogen and oxygen atoms in total. The Hall–Kier alpha value is -1.06. The fourth-order valence-electron chi connectivity index (χ4n) is 1.21. The topological polar surface area (TPSA) is 22.1 Å². The molecule has 0 aliphatic rings. The van der Waals surface area contributed by atoms with Crippen molar-refractivity contribution in [3.63, 3.8) is 0 Å². The molecule has 0 N–H and O–H groups in total. The van der Waals surface area contributed by atoms with Crippen molar-refractivity contribution in [2.45, 2.75) is 6.92 Å². The molecule has 0 atom stereocenters. The minimum Gasteiger partial charge on any atom is -0.438 e. The maximum atomic E-state index is 5.79. The van der Waals surface area contributed by atoms with Crippen LogP contribution in [-0.2, 0) is 0 Å². The molecule has 0 unspecified atom stereocenters. The van der Waals surface area contributed by atoms with Crippen LogP contribution in [-0.4, -0.2) is 4.98 Å². The summed E-state index contributed by atoms with van der Waals surface area (Å²) in [6.45, 7) is 1.98. The van der Waals surface area contributed by atoms with Gasteiger partial charge in [-0.15, -0.1) is 0 Å². The maximum Gasteiger partial charge on any atom is 0.233 e. The summed E-state index contributed by atoms with van der Waals surface area (Å²) in [6, 6.07) is 9.11. The third kappa shape index (κ3) is 2.74. The first-order valence-electron chi connectivity index (χ1n) is 4.71. The first-order valence-corrected chi connectivity index (χ1v) is 5.88. The van der Waals surface area contributed by atoms with E-state index in [9.17, 15) is 0 Å². The second-order valence-corrected chi connectivity index (χ2v) is 4.65. The van der Waals surface area contributed by atoms with Gasteiger partial charge in [0.1, 0.15) is 5.75 Å². The molecule has 0 fully saturated rings. The summed E-state index contributed by atoms with van der Waals surface area (Å²) < 4.78 is 6.44. The monoisotopic (exact) mass is 297 g/mol. The van der Waals surface area contributed by atoms with E-state index >= 15 is 0 Å². The molecule has 82 valence electrons.